The third-order valence-electron chi connectivity index (χ3n) is 5.71. The Morgan fingerprint density at radius 3 is 2.77 bits per heavy atom. The van der Waals surface area contributed by atoms with E-state index in [-0.39, 0.29) is 11.8 Å². The van der Waals surface area contributed by atoms with Crippen molar-refractivity contribution in [1.29, 1.82) is 0 Å². The molecule has 0 aromatic carbocycles. The highest BCUT2D eigenvalue weighted by atomic mass is 32.2. The summed E-state index contributed by atoms with van der Waals surface area (Å²) in [6, 6.07) is 3.56. The second-order valence-electron chi connectivity index (χ2n) is 7.69. The van der Waals surface area contributed by atoms with E-state index < -0.39 is 21.9 Å². The molecule has 11 heteroatoms. The molecule has 31 heavy (non-hydrogen) atoms. The van der Waals surface area contributed by atoms with E-state index in [2.05, 4.69) is 4.90 Å². The number of rotatable bonds is 5. The van der Waals surface area contributed by atoms with Gasteiger partial charge in [0, 0.05) is 44.8 Å². The molecule has 3 atom stereocenters. The van der Waals surface area contributed by atoms with Gasteiger partial charge in [0.15, 0.2) is 5.37 Å². The molecule has 2 amide bonds. The SMILES string of the molecule is COC1(N(C(C)=O)c2cccs2)C(=O)N2C=C(CSC(=S)N3CCCCC3)CS(=O)[C@@H]21. The van der Waals surface area contributed by atoms with Crippen LogP contribution < -0.4 is 4.90 Å². The lowest BCUT2D eigenvalue weighted by molar-refractivity contribution is -0.182. The molecule has 3 aliphatic rings. The second-order valence-corrected chi connectivity index (χ2v) is 11.7. The highest BCUT2D eigenvalue weighted by Gasteiger charge is 2.69. The quantitative estimate of drug-likeness (QED) is 0.351. The number of ether oxygens (including phenoxy) is 1. The van der Waals surface area contributed by atoms with Gasteiger partial charge in [-0.05, 0) is 42.3 Å². The molecule has 4 rings (SSSR count). The van der Waals surface area contributed by atoms with Crippen LogP contribution in [0.25, 0.3) is 0 Å². The van der Waals surface area contributed by atoms with Gasteiger partial charge in [-0.2, -0.15) is 0 Å². The molecule has 1 aromatic heterocycles. The lowest BCUT2D eigenvalue weighted by atomic mass is 9.99. The number of nitrogens with zero attached hydrogens (tertiary/aromatic N) is 3. The van der Waals surface area contributed by atoms with Crippen LogP contribution in [0.3, 0.4) is 0 Å². The lowest BCUT2D eigenvalue weighted by Gasteiger charge is -2.57. The molecular formula is C20H25N3O4S4. The smallest absolute Gasteiger partial charge is 0.285 e. The normalized spacial score (nSPS) is 27.9. The molecular weight excluding hydrogens is 475 g/mol. The molecule has 0 bridgehead atoms. The van der Waals surface area contributed by atoms with Gasteiger partial charge in [-0.1, -0.05) is 24.0 Å². The van der Waals surface area contributed by atoms with Crippen molar-refractivity contribution < 1.29 is 18.5 Å². The summed E-state index contributed by atoms with van der Waals surface area (Å²) in [5.74, 6) is 0.217. The van der Waals surface area contributed by atoms with Crippen LogP contribution in [0, 0.1) is 0 Å². The fraction of sp³-hybridized carbons (Fsp3) is 0.550. The third-order valence-corrected chi connectivity index (χ3v) is 9.89. The number of methoxy groups -OCH3 is 1. The van der Waals surface area contributed by atoms with E-state index in [0.717, 1.165) is 35.8 Å². The van der Waals surface area contributed by atoms with Crippen molar-refractivity contribution >= 4 is 67.3 Å². The summed E-state index contributed by atoms with van der Waals surface area (Å²) in [4.78, 5) is 30.8. The first-order chi connectivity index (χ1) is 14.9. The molecule has 0 N–H and O–H groups in total. The zero-order chi connectivity index (χ0) is 22.2. The number of hydrogen-bond donors (Lipinski definition) is 0. The Labute approximate surface area is 198 Å². The lowest BCUT2D eigenvalue weighted by Crippen LogP contribution is -2.82. The molecule has 2 saturated heterocycles. The summed E-state index contributed by atoms with van der Waals surface area (Å²) in [6.07, 6.45) is 5.33. The van der Waals surface area contributed by atoms with Crippen LogP contribution in [0.4, 0.5) is 5.00 Å². The van der Waals surface area contributed by atoms with Crippen LogP contribution in [0.5, 0.6) is 0 Å². The molecule has 168 valence electrons. The van der Waals surface area contributed by atoms with Crippen molar-refractivity contribution in [2.24, 2.45) is 0 Å². The van der Waals surface area contributed by atoms with Crippen LogP contribution in [-0.2, 0) is 25.1 Å². The summed E-state index contributed by atoms with van der Waals surface area (Å²) in [5.41, 5.74) is -0.678. The van der Waals surface area contributed by atoms with Gasteiger partial charge < -0.3 is 9.64 Å². The molecule has 7 nitrogen and oxygen atoms in total. The fourth-order valence-electron chi connectivity index (χ4n) is 4.28. The van der Waals surface area contributed by atoms with Crippen molar-refractivity contribution in [3.8, 4) is 0 Å². The predicted octanol–water partition coefficient (Wildman–Crippen LogP) is 2.76. The number of carbonyl (C=O) groups is 2. The average molecular weight is 500 g/mol. The van der Waals surface area contributed by atoms with Crippen molar-refractivity contribution in [3.63, 3.8) is 0 Å². The fourth-order valence-corrected chi connectivity index (χ4v) is 8.21. The Morgan fingerprint density at radius 1 is 1.42 bits per heavy atom. The zero-order valence-electron chi connectivity index (χ0n) is 17.4. The Kier molecular flexibility index (Phi) is 6.87. The van der Waals surface area contributed by atoms with Gasteiger partial charge >= 0.3 is 0 Å². The number of amides is 2. The van der Waals surface area contributed by atoms with E-state index in [9.17, 15) is 13.8 Å². The minimum absolute atomic E-state index is 0.325. The highest BCUT2D eigenvalue weighted by molar-refractivity contribution is 8.23. The Bertz CT molecular complexity index is 929. The topological polar surface area (TPSA) is 70.2 Å². The summed E-state index contributed by atoms with van der Waals surface area (Å²) < 4.78 is 19.7. The maximum absolute atomic E-state index is 13.3. The number of anilines is 1. The van der Waals surface area contributed by atoms with Crippen LogP contribution in [0.2, 0.25) is 0 Å². The molecule has 1 aromatic rings. The Balaban J connectivity index is 1.52. The molecule has 4 heterocycles. The number of fused-ring (bicyclic) bond motifs is 1. The maximum atomic E-state index is 13.3. The van der Waals surface area contributed by atoms with Crippen molar-refractivity contribution in [2.75, 3.05) is 36.6 Å². The van der Waals surface area contributed by atoms with Crippen molar-refractivity contribution in [2.45, 2.75) is 37.3 Å². The molecule has 3 aliphatic heterocycles. The predicted molar refractivity (Wildman–Crippen MR) is 129 cm³/mol. The number of thiophene rings is 1. The van der Waals surface area contributed by atoms with Gasteiger partial charge in [0.1, 0.15) is 9.32 Å². The van der Waals surface area contributed by atoms with Crippen molar-refractivity contribution in [3.05, 3.63) is 29.3 Å². The molecule has 0 spiro atoms. The summed E-state index contributed by atoms with van der Waals surface area (Å²) in [7, 11) is -0.0231. The van der Waals surface area contributed by atoms with Crippen molar-refractivity contribution in [1.82, 2.24) is 9.80 Å². The maximum Gasteiger partial charge on any atom is 0.285 e. The number of hydrogen-bond acceptors (Lipinski definition) is 7. The van der Waals surface area contributed by atoms with Crippen LogP contribution in [-0.4, -0.2) is 72.9 Å². The zero-order valence-corrected chi connectivity index (χ0v) is 20.7. The first-order valence-electron chi connectivity index (χ1n) is 10.1. The largest absolute Gasteiger partial charge is 0.358 e. The second kappa shape index (κ2) is 9.30. The van der Waals surface area contributed by atoms with E-state index in [1.165, 1.54) is 41.6 Å². The average Bonchev–Trinajstić information content (AvgIpc) is 3.29. The first kappa shape index (κ1) is 22.9. The molecule has 2 unspecified atom stereocenters. The Hall–Kier alpha value is -1.27. The van der Waals surface area contributed by atoms with Gasteiger partial charge in [-0.25, -0.2) is 0 Å². The highest BCUT2D eigenvalue weighted by Crippen LogP contribution is 2.45. The third kappa shape index (κ3) is 3.99. The number of likely N-dealkylation sites (tertiary alicyclic amines) is 1. The standard InChI is InChI=1S/C20H25N3O4S4/c1-14(24)23(16-7-6-10-29-16)20(27-2)17(25)22-11-15(13-31(26)18(20)22)12-30-19(28)21-8-4-3-5-9-21/h6-7,10-11,18H,3-5,8-9,12-13H2,1-2H3/t18-,20?,31?/m1/s1. The number of thiocarbonyl (C=S) groups is 1. The van der Waals surface area contributed by atoms with E-state index in [1.807, 2.05) is 5.38 Å². The van der Waals surface area contributed by atoms with Crippen LogP contribution >= 0.6 is 35.3 Å². The monoisotopic (exact) mass is 499 g/mol. The van der Waals surface area contributed by atoms with Crippen LogP contribution in [0.15, 0.2) is 29.3 Å². The van der Waals surface area contributed by atoms with E-state index in [0.29, 0.717) is 16.5 Å². The van der Waals surface area contributed by atoms with Gasteiger partial charge in [0.2, 0.25) is 5.91 Å². The minimum Gasteiger partial charge on any atom is -0.358 e. The molecule has 0 aliphatic carbocycles. The number of thioether (sulfide) groups is 1. The summed E-state index contributed by atoms with van der Waals surface area (Å²) >= 11 is 8.46. The van der Waals surface area contributed by atoms with Gasteiger partial charge in [0.05, 0.1) is 10.8 Å². The first-order valence-corrected chi connectivity index (χ1v) is 13.8. The molecule has 0 saturated carbocycles. The van der Waals surface area contributed by atoms with E-state index in [4.69, 9.17) is 17.0 Å². The van der Waals surface area contributed by atoms with Gasteiger partial charge in [-0.3, -0.25) is 23.6 Å². The summed E-state index contributed by atoms with van der Waals surface area (Å²) in [5, 5.41) is 1.68. The number of β-lactam (4-membered cyclic amide) rings is 1. The number of piperidine rings is 1. The Morgan fingerprint density at radius 2 is 2.16 bits per heavy atom. The molecule has 2 fully saturated rings. The van der Waals surface area contributed by atoms with Gasteiger partial charge in [-0.15, -0.1) is 11.3 Å². The van der Waals surface area contributed by atoms with Gasteiger partial charge in [0.25, 0.3) is 11.6 Å². The van der Waals surface area contributed by atoms with E-state index in [1.54, 1.807) is 30.1 Å². The number of carbonyl (C=O) groups excluding carboxylic acids is 2. The summed E-state index contributed by atoms with van der Waals surface area (Å²) in [6.45, 7) is 3.37. The van der Waals surface area contributed by atoms with Crippen LogP contribution in [0.1, 0.15) is 26.2 Å². The van der Waals surface area contributed by atoms with E-state index >= 15 is 0 Å². The minimum atomic E-state index is -1.58. The molecule has 0 radical (unpaired) electrons.